The summed E-state index contributed by atoms with van der Waals surface area (Å²) >= 11 is 0. The van der Waals surface area contributed by atoms with E-state index < -0.39 is 0 Å². The van der Waals surface area contributed by atoms with E-state index in [0.717, 1.165) is 11.1 Å². The third-order valence-corrected chi connectivity index (χ3v) is 4.07. The maximum Gasteiger partial charge on any atom is 0.138 e. The maximum atomic E-state index is 13.3. The number of aromatic amines is 1. The molecule has 4 rings (SSSR count). The zero-order valence-electron chi connectivity index (χ0n) is 13.6. The van der Waals surface area contributed by atoms with Crippen molar-refractivity contribution in [2.24, 2.45) is 0 Å². The fourth-order valence-electron chi connectivity index (χ4n) is 2.81. The van der Waals surface area contributed by atoms with Crippen LogP contribution in [0.4, 0.5) is 8.78 Å². The lowest BCUT2D eigenvalue weighted by Crippen LogP contribution is -1.85. The summed E-state index contributed by atoms with van der Waals surface area (Å²) in [6.45, 7) is 0. The van der Waals surface area contributed by atoms with Crippen LogP contribution in [0.5, 0.6) is 5.75 Å². The quantitative estimate of drug-likeness (QED) is 0.521. The van der Waals surface area contributed by atoms with Gasteiger partial charge < -0.3 is 10.1 Å². The van der Waals surface area contributed by atoms with Crippen LogP contribution in [0.3, 0.4) is 0 Å². The van der Waals surface area contributed by atoms with Crippen molar-refractivity contribution in [3.8, 4) is 39.7 Å². The molecule has 3 aromatic carbocycles. The molecule has 0 radical (unpaired) electrons. The second-order valence-corrected chi connectivity index (χ2v) is 5.87. The minimum absolute atomic E-state index is 0.130. The maximum absolute atomic E-state index is 13.3. The molecule has 2 N–H and O–H groups in total. The molecule has 0 spiro atoms. The van der Waals surface area contributed by atoms with E-state index in [1.54, 1.807) is 42.5 Å². The highest BCUT2D eigenvalue weighted by Crippen LogP contribution is 2.33. The largest absolute Gasteiger partial charge is 0.508 e. The van der Waals surface area contributed by atoms with Crippen LogP contribution < -0.4 is 0 Å². The van der Waals surface area contributed by atoms with Crippen molar-refractivity contribution in [2.75, 3.05) is 0 Å². The molecule has 0 aliphatic rings. The van der Waals surface area contributed by atoms with E-state index >= 15 is 0 Å². The fourth-order valence-corrected chi connectivity index (χ4v) is 2.81. The molecule has 1 heterocycles. The number of hydrogen-bond acceptors (Lipinski definition) is 2. The SMILES string of the molecule is Oc1cccc(-c2nc(-c3ccc(F)cc3)c(-c3ccc(F)cc3)[nH]2)c1. The number of hydrogen-bond donors (Lipinski definition) is 2. The third kappa shape index (κ3) is 3.07. The molecular formula is C21H14F2N2O. The minimum atomic E-state index is -0.333. The highest BCUT2D eigenvalue weighted by molar-refractivity contribution is 5.81. The number of H-pyrrole nitrogens is 1. The van der Waals surface area contributed by atoms with Gasteiger partial charge in [-0.1, -0.05) is 12.1 Å². The Morgan fingerprint density at radius 2 is 1.35 bits per heavy atom. The summed E-state index contributed by atoms with van der Waals surface area (Å²) in [4.78, 5) is 7.87. The van der Waals surface area contributed by atoms with Crippen molar-refractivity contribution >= 4 is 0 Å². The number of aromatic nitrogens is 2. The van der Waals surface area contributed by atoms with Crippen LogP contribution in [0.2, 0.25) is 0 Å². The van der Waals surface area contributed by atoms with Gasteiger partial charge in [-0.05, 0) is 60.7 Å². The summed E-state index contributed by atoms with van der Waals surface area (Å²) in [5.41, 5.74) is 3.50. The first-order valence-electron chi connectivity index (χ1n) is 8.01. The van der Waals surface area contributed by atoms with E-state index in [1.165, 1.54) is 24.3 Å². The van der Waals surface area contributed by atoms with Gasteiger partial charge in [-0.3, -0.25) is 0 Å². The lowest BCUT2D eigenvalue weighted by molar-refractivity contribution is 0.475. The molecular weight excluding hydrogens is 334 g/mol. The number of phenolic OH excluding ortho intramolecular Hbond substituents is 1. The third-order valence-electron chi connectivity index (χ3n) is 4.07. The van der Waals surface area contributed by atoms with E-state index in [-0.39, 0.29) is 17.4 Å². The van der Waals surface area contributed by atoms with E-state index in [1.807, 2.05) is 6.07 Å². The second kappa shape index (κ2) is 6.44. The van der Waals surface area contributed by atoms with Crippen LogP contribution in [0.15, 0.2) is 72.8 Å². The Kier molecular flexibility index (Phi) is 3.97. The molecule has 0 saturated heterocycles. The standard InChI is InChI=1S/C21H14F2N2O/c22-16-8-4-13(5-9-16)19-20(14-6-10-17(23)11-7-14)25-21(24-19)15-2-1-3-18(26)12-15/h1-12,26H,(H,24,25). The van der Waals surface area contributed by atoms with Gasteiger partial charge in [0.2, 0.25) is 0 Å². The van der Waals surface area contributed by atoms with Crippen LogP contribution in [0.1, 0.15) is 0 Å². The lowest BCUT2D eigenvalue weighted by atomic mass is 10.1. The predicted octanol–water partition coefficient (Wildman–Crippen LogP) is 5.39. The summed E-state index contributed by atoms with van der Waals surface area (Å²) < 4.78 is 26.6. The average molecular weight is 348 g/mol. The van der Waals surface area contributed by atoms with Gasteiger partial charge >= 0.3 is 0 Å². The van der Waals surface area contributed by atoms with Crippen molar-refractivity contribution in [2.45, 2.75) is 0 Å². The molecule has 0 aliphatic carbocycles. The van der Waals surface area contributed by atoms with Gasteiger partial charge in [-0.25, -0.2) is 13.8 Å². The molecule has 128 valence electrons. The fraction of sp³-hybridized carbons (Fsp3) is 0. The highest BCUT2D eigenvalue weighted by atomic mass is 19.1. The van der Waals surface area contributed by atoms with E-state index in [4.69, 9.17) is 0 Å². The normalized spacial score (nSPS) is 10.8. The molecule has 5 heteroatoms. The van der Waals surface area contributed by atoms with Crippen LogP contribution in [0, 0.1) is 11.6 Å². The van der Waals surface area contributed by atoms with Gasteiger partial charge in [0.05, 0.1) is 11.4 Å². The van der Waals surface area contributed by atoms with Crippen molar-refractivity contribution in [3.05, 3.63) is 84.4 Å². The lowest BCUT2D eigenvalue weighted by Gasteiger charge is -2.03. The number of phenols is 1. The van der Waals surface area contributed by atoms with E-state index in [0.29, 0.717) is 22.8 Å². The highest BCUT2D eigenvalue weighted by Gasteiger charge is 2.15. The van der Waals surface area contributed by atoms with E-state index in [9.17, 15) is 13.9 Å². The summed E-state index contributed by atoms with van der Waals surface area (Å²) in [6.07, 6.45) is 0. The molecule has 0 unspecified atom stereocenters. The summed E-state index contributed by atoms with van der Waals surface area (Å²) in [5.74, 6) is 0.0238. The van der Waals surface area contributed by atoms with Gasteiger partial charge in [0, 0.05) is 16.7 Å². The Bertz CT molecular complexity index is 991. The molecule has 26 heavy (non-hydrogen) atoms. The van der Waals surface area contributed by atoms with Crippen LogP contribution in [-0.4, -0.2) is 15.1 Å². The predicted molar refractivity (Wildman–Crippen MR) is 96.5 cm³/mol. The average Bonchev–Trinajstić information content (AvgIpc) is 3.08. The summed E-state index contributed by atoms with van der Waals surface area (Å²) in [5, 5.41) is 9.72. The van der Waals surface area contributed by atoms with Gasteiger partial charge in [0.25, 0.3) is 0 Å². The molecule has 0 atom stereocenters. The Labute approximate surface area is 148 Å². The Hall–Kier alpha value is -3.47. The zero-order chi connectivity index (χ0) is 18.1. The molecule has 4 aromatic rings. The first-order chi connectivity index (χ1) is 12.6. The number of halogens is 2. The van der Waals surface area contributed by atoms with Gasteiger partial charge in [0.15, 0.2) is 0 Å². The molecule has 0 aliphatic heterocycles. The second-order valence-electron chi connectivity index (χ2n) is 5.87. The molecule has 1 aromatic heterocycles. The van der Waals surface area contributed by atoms with Gasteiger partial charge in [0.1, 0.15) is 23.2 Å². The topological polar surface area (TPSA) is 48.9 Å². The first-order valence-corrected chi connectivity index (χ1v) is 8.01. The molecule has 0 saturated carbocycles. The monoisotopic (exact) mass is 348 g/mol. The zero-order valence-corrected chi connectivity index (χ0v) is 13.6. The van der Waals surface area contributed by atoms with Gasteiger partial charge in [-0.15, -0.1) is 0 Å². The number of nitrogens with zero attached hydrogens (tertiary/aromatic N) is 1. The van der Waals surface area contributed by atoms with Crippen molar-refractivity contribution in [3.63, 3.8) is 0 Å². The van der Waals surface area contributed by atoms with Crippen LogP contribution in [0.25, 0.3) is 33.9 Å². The van der Waals surface area contributed by atoms with Crippen LogP contribution >= 0.6 is 0 Å². The molecule has 0 amide bonds. The summed E-state index contributed by atoms with van der Waals surface area (Å²) in [6, 6.07) is 18.8. The van der Waals surface area contributed by atoms with Crippen molar-refractivity contribution in [1.82, 2.24) is 9.97 Å². The number of nitrogens with one attached hydrogen (secondary N) is 1. The summed E-state index contributed by atoms with van der Waals surface area (Å²) in [7, 11) is 0. The molecule has 0 fully saturated rings. The Balaban J connectivity index is 1.90. The molecule has 3 nitrogen and oxygen atoms in total. The smallest absolute Gasteiger partial charge is 0.138 e. The van der Waals surface area contributed by atoms with Gasteiger partial charge in [-0.2, -0.15) is 0 Å². The number of imidazole rings is 1. The number of benzene rings is 3. The Morgan fingerprint density at radius 3 is 1.96 bits per heavy atom. The number of rotatable bonds is 3. The Morgan fingerprint density at radius 1 is 0.731 bits per heavy atom. The van der Waals surface area contributed by atoms with Crippen molar-refractivity contribution in [1.29, 1.82) is 0 Å². The first kappa shape index (κ1) is 16.0. The minimum Gasteiger partial charge on any atom is -0.508 e. The number of aromatic hydroxyl groups is 1. The van der Waals surface area contributed by atoms with E-state index in [2.05, 4.69) is 9.97 Å². The molecule has 0 bridgehead atoms. The van der Waals surface area contributed by atoms with Crippen molar-refractivity contribution < 1.29 is 13.9 Å². The van der Waals surface area contributed by atoms with Crippen LogP contribution in [-0.2, 0) is 0 Å².